The number of aromatic nitrogens is 3. The van der Waals surface area contributed by atoms with Gasteiger partial charge in [-0.25, -0.2) is 22.2 Å². The zero-order chi connectivity index (χ0) is 21.6. The van der Waals surface area contributed by atoms with Gasteiger partial charge in [-0.2, -0.15) is 0 Å². The Kier molecular flexibility index (Phi) is 5.48. The van der Waals surface area contributed by atoms with Crippen LogP contribution in [-0.4, -0.2) is 70.6 Å². The Balaban J connectivity index is 1.47. The molecule has 2 aliphatic heterocycles. The summed E-state index contributed by atoms with van der Waals surface area (Å²) in [5.74, 6) is 0.116. The van der Waals surface area contributed by atoms with Crippen LogP contribution in [0.25, 0.3) is 5.65 Å². The lowest BCUT2D eigenvalue weighted by Gasteiger charge is -2.37. The van der Waals surface area contributed by atoms with E-state index < -0.39 is 10.0 Å². The first kappa shape index (κ1) is 21.0. The first-order valence-corrected chi connectivity index (χ1v) is 12.3. The number of hydrogen-bond acceptors (Lipinski definition) is 5. The standard InChI is InChI=1S/C20H29N5O4S/c1-13-14(2)21-18-11-17(22-25(18)19(13)26)16-5-4-8-23(12-16)20(27)15-6-9-24(10-7-15)30(3,28)29/h11,15-16,22H,4-10,12H2,1-3H3/t16-/m0/s1. The summed E-state index contributed by atoms with van der Waals surface area (Å²) in [5.41, 5.74) is 2.79. The van der Waals surface area contributed by atoms with E-state index in [9.17, 15) is 18.0 Å². The number of amides is 1. The second-order valence-corrected chi connectivity index (χ2v) is 10.6. The van der Waals surface area contributed by atoms with Gasteiger partial charge in [0, 0.05) is 61.0 Å². The predicted octanol–water partition coefficient (Wildman–Crippen LogP) is 1.02. The van der Waals surface area contributed by atoms with Gasteiger partial charge in [-0.15, -0.1) is 0 Å². The molecule has 2 aromatic rings. The number of aryl methyl sites for hydroxylation is 1. The van der Waals surface area contributed by atoms with Crippen LogP contribution < -0.4 is 5.56 Å². The van der Waals surface area contributed by atoms with Gasteiger partial charge in [0.2, 0.25) is 15.9 Å². The number of H-pyrrole nitrogens is 1. The molecule has 164 valence electrons. The van der Waals surface area contributed by atoms with Crippen LogP contribution in [0.2, 0.25) is 0 Å². The Hall–Kier alpha value is -2.20. The van der Waals surface area contributed by atoms with Crippen LogP contribution in [0.15, 0.2) is 10.9 Å². The Morgan fingerprint density at radius 1 is 1.17 bits per heavy atom. The van der Waals surface area contributed by atoms with Gasteiger partial charge in [0.1, 0.15) is 0 Å². The van der Waals surface area contributed by atoms with E-state index in [2.05, 4.69) is 10.1 Å². The van der Waals surface area contributed by atoms with Crippen molar-refractivity contribution in [2.45, 2.75) is 45.4 Å². The molecule has 0 unspecified atom stereocenters. The van der Waals surface area contributed by atoms with E-state index in [1.165, 1.54) is 15.1 Å². The van der Waals surface area contributed by atoms with Crippen molar-refractivity contribution in [1.29, 1.82) is 0 Å². The summed E-state index contributed by atoms with van der Waals surface area (Å²) in [4.78, 5) is 32.0. The molecule has 2 aromatic heterocycles. The molecule has 2 saturated heterocycles. The van der Waals surface area contributed by atoms with E-state index in [0.717, 1.165) is 30.8 Å². The van der Waals surface area contributed by atoms with E-state index in [1.807, 2.05) is 17.9 Å². The van der Waals surface area contributed by atoms with Crippen LogP contribution in [0.5, 0.6) is 0 Å². The molecule has 30 heavy (non-hydrogen) atoms. The van der Waals surface area contributed by atoms with Crippen molar-refractivity contribution in [3.05, 3.63) is 33.4 Å². The Bertz CT molecular complexity index is 1130. The third-order valence-corrected chi connectivity index (χ3v) is 7.85. The van der Waals surface area contributed by atoms with Crippen LogP contribution in [0.3, 0.4) is 0 Å². The number of likely N-dealkylation sites (tertiary alicyclic amines) is 1. The topological polar surface area (TPSA) is 108 Å². The molecule has 0 radical (unpaired) electrons. The molecule has 1 atom stereocenters. The molecule has 4 rings (SSSR count). The Labute approximate surface area is 176 Å². The fourth-order valence-corrected chi connectivity index (χ4v) is 5.44. The average Bonchev–Trinajstić information content (AvgIpc) is 3.15. The number of piperidine rings is 2. The van der Waals surface area contributed by atoms with E-state index in [1.54, 1.807) is 6.92 Å². The average molecular weight is 436 g/mol. The molecule has 0 bridgehead atoms. The zero-order valence-electron chi connectivity index (χ0n) is 17.7. The van der Waals surface area contributed by atoms with Crippen molar-refractivity contribution in [3.8, 4) is 0 Å². The number of fused-ring (bicyclic) bond motifs is 1. The first-order chi connectivity index (χ1) is 14.1. The van der Waals surface area contributed by atoms with Crippen molar-refractivity contribution in [3.63, 3.8) is 0 Å². The maximum atomic E-state index is 13.1. The molecule has 0 saturated carbocycles. The molecule has 4 heterocycles. The van der Waals surface area contributed by atoms with Gasteiger partial charge in [-0.3, -0.25) is 14.7 Å². The number of nitrogens with zero attached hydrogens (tertiary/aromatic N) is 4. The van der Waals surface area contributed by atoms with Crippen molar-refractivity contribution >= 4 is 21.6 Å². The smallest absolute Gasteiger partial charge is 0.275 e. The third-order valence-electron chi connectivity index (χ3n) is 6.55. The molecule has 1 amide bonds. The molecule has 9 nitrogen and oxygen atoms in total. The molecular weight excluding hydrogens is 406 g/mol. The van der Waals surface area contributed by atoms with E-state index in [-0.39, 0.29) is 23.3 Å². The minimum atomic E-state index is -3.20. The first-order valence-electron chi connectivity index (χ1n) is 10.5. The molecule has 0 aromatic carbocycles. The predicted molar refractivity (Wildman–Crippen MR) is 113 cm³/mol. The summed E-state index contributed by atoms with van der Waals surface area (Å²) in [6, 6.07) is 1.91. The minimum Gasteiger partial charge on any atom is -0.342 e. The molecule has 1 N–H and O–H groups in total. The van der Waals surface area contributed by atoms with Gasteiger partial charge in [-0.1, -0.05) is 0 Å². The quantitative estimate of drug-likeness (QED) is 0.774. The van der Waals surface area contributed by atoms with E-state index >= 15 is 0 Å². The van der Waals surface area contributed by atoms with Crippen LogP contribution in [0.4, 0.5) is 0 Å². The van der Waals surface area contributed by atoms with Crippen LogP contribution >= 0.6 is 0 Å². The fourth-order valence-electron chi connectivity index (χ4n) is 4.57. The number of hydrogen-bond donors (Lipinski definition) is 1. The monoisotopic (exact) mass is 435 g/mol. The van der Waals surface area contributed by atoms with Gasteiger partial charge in [0.25, 0.3) is 5.56 Å². The lowest BCUT2D eigenvalue weighted by Crippen LogP contribution is -2.46. The normalized spacial score (nSPS) is 22.0. The number of sulfonamides is 1. The molecular formula is C20H29N5O4S. The van der Waals surface area contributed by atoms with Crippen LogP contribution in [0, 0.1) is 19.8 Å². The summed E-state index contributed by atoms with van der Waals surface area (Å²) >= 11 is 0. The molecule has 0 spiro atoms. The largest absolute Gasteiger partial charge is 0.342 e. The van der Waals surface area contributed by atoms with Gasteiger partial charge in [0.05, 0.1) is 6.26 Å². The SMILES string of the molecule is Cc1nc2cc([C@H]3CCCN(C(=O)C4CCN(S(C)(=O)=O)CC4)C3)[nH]n2c(=O)c1C. The Morgan fingerprint density at radius 3 is 2.53 bits per heavy atom. The van der Waals surface area contributed by atoms with E-state index in [0.29, 0.717) is 43.7 Å². The highest BCUT2D eigenvalue weighted by atomic mass is 32.2. The summed E-state index contributed by atoms with van der Waals surface area (Å²) < 4.78 is 26.3. The van der Waals surface area contributed by atoms with Crippen LogP contribution in [0.1, 0.15) is 48.6 Å². The molecule has 0 aliphatic carbocycles. The molecule has 2 fully saturated rings. The molecule has 10 heteroatoms. The van der Waals surface area contributed by atoms with Gasteiger partial charge >= 0.3 is 0 Å². The number of aromatic amines is 1. The molecule has 2 aliphatic rings. The van der Waals surface area contributed by atoms with Crippen molar-refractivity contribution in [1.82, 2.24) is 23.8 Å². The van der Waals surface area contributed by atoms with Crippen molar-refractivity contribution in [2.75, 3.05) is 32.4 Å². The second kappa shape index (κ2) is 7.81. The second-order valence-electron chi connectivity index (χ2n) is 8.59. The minimum absolute atomic E-state index is 0.0925. The van der Waals surface area contributed by atoms with Crippen molar-refractivity contribution in [2.24, 2.45) is 5.92 Å². The summed E-state index contributed by atoms with van der Waals surface area (Å²) in [6.07, 6.45) is 4.19. The van der Waals surface area contributed by atoms with Gasteiger partial charge in [0.15, 0.2) is 5.65 Å². The highest BCUT2D eigenvalue weighted by molar-refractivity contribution is 7.88. The Morgan fingerprint density at radius 2 is 1.87 bits per heavy atom. The van der Waals surface area contributed by atoms with Gasteiger partial charge in [-0.05, 0) is 39.5 Å². The van der Waals surface area contributed by atoms with Crippen LogP contribution in [-0.2, 0) is 14.8 Å². The number of nitrogens with one attached hydrogen (secondary N) is 1. The summed E-state index contributed by atoms with van der Waals surface area (Å²) in [5, 5.41) is 3.19. The van der Waals surface area contributed by atoms with E-state index in [4.69, 9.17) is 0 Å². The van der Waals surface area contributed by atoms with Gasteiger partial charge < -0.3 is 4.90 Å². The fraction of sp³-hybridized carbons (Fsp3) is 0.650. The highest BCUT2D eigenvalue weighted by Crippen LogP contribution is 2.29. The number of rotatable bonds is 3. The lowest BCUT2D eigenvalue weighted by atomic mass is 9.91. The maximum Gasteiger partial charge on any atom is 0.275 e. The number of carbonyl (C=O) groups is 1. The highest BCUT2D eigenvalue weighted by Gasteiger charge is 2.34. The maximum absolute atomic E-state index is 13.1. The third kappa shape index (κ3) is 3.90. The summed E-state index contributed by atoms with van der Waals surface area (Å²) in [7, 11) is -3.20. The number of carbonyl (C=O) groups excluding carboxylic acids is 1. The zero-order valence-corrected chi connectivity index (χ0v) is 18.5. The summed E-state index contributed by atoms with van der Waals surface area (Å²) in [6.45, 7) is 5.74. The lowest BCUT2D eigenvalue weighted by molar-refractivity contribution is -0.138. The van der Waals surface area contributed by atoms with Crippen molar-refractivity contribution < 1.29 is 13.2 Å².